The second-order valence-corrected chi connectivity index (χ2v) is 5.59. The number of ether oxygens (including phenoxy) is 2. The van der Waals surface area contributed by atoms with Gasteiger partial charge >= 0.3 is 0 Å². The molecule has 0 unspecified atom stereocenters. The molecule has 0 fully saturated rings. The Hall–Kier alpha value is -2.07. The van der Waals surface area contributed by atoms with Gasteiger partial charge in [0.05, 0.1) is 14.2 Å². The van der Waals surface area contributed by atoms with Crippen LogP contribution in [-0.2, 0) is 0 Å². The number of methoxy groups -OCH3 is 2. The molecule has 1 heterocycles. The van der Waals surface area contributed by atoms with Gasteiger partial charge in [0.2, 0.25) is 0 Å². The molecule has 3 aromatic rings. The van der Waals surface area contributed by atoms with Gasteiger partial charge in [-0.25, -0.2) is 0 Å². The molecule has 102 valence electrons. The third-order valence-electron chi connectivity index (χ3n) is 3.44. The van der Waals surface area contributed by atoms with Gasteiger partial charge in [-0.05, 0) is 25.1 Å². The zero-order valence-corrected chi connectivity index (χ0v) is 12.3. The third-order valence-corrected chi connectivity index (χ3v) is 4.74. The van der Waals surface area contributed by atoms with E-state index in [0.29, 0.717) is 16.9 Å². The molecule has 0 bridgehead atoms. The summed E-state index contributed by atoms with van der Waals surface area (Å²) in [7, 11) is 3.19. The van der Waals surface area contributed by atoms with Crippen LogP contribution in [0.3, 0.4) is 0 Å². The highest BCUT2D eigenvalue weighted by atomic mass is 32.1. The molecule has 0 aliphatic carbocycles. The summed E-state index contributed by atoms with van der Waals surface area (Å²) in [5, 5.41) is 1.43. The fraction of sp³-hybridized carbons (Fsp3) is 0.188. The van der Waals surface area contributed by atoms with Gasteiger partial charge in [0, 0.05) is 25.7 Å². The molecular weight excluding hydrogens is 272 g/mol. The lowest BCUT2D eigenvalue weighted by atomic mass is 10.1. The van der Waals surface area contributed by atoms with Crippen LogP contribution < -0.4 is 14.9 Å². The van der Waals surface area contributed by atoms with Crippen molar-refractivity contribution in [2.24, 2.45) is 0 Å². The van der Waals surface area contributed by atoms with Crippen LogP contribution in [0.15, 0.2) is 35.1 Å². The number of rotatable bonds is 2. The highest BCUT2D eigenvalue weighted by molar-refractivity contribution is 7.24. The van der Waals surface area contributed by atoms with Crippen LogP contribution in [0.1, 0.15) is 5.56 Å². The quantitative estimate of drug-likeness (QED) is 0.673. The molecule has 0 spiro atoms. The molecule has 0 aliphatic rings. The van der Waals surface area contributed by atoms with Crippen LogP contribution in [0.4, 0.5) is 0 Å². The highest BCUT2D eigenvalue weighted by Gasteiger charge is 2.15. The predicted octanol–water partition coefficient (Wildman–Crippen LogP) is 3.74. The molecule has 0 saturated carbocycles. The van der Waals surface area contributed by atoms with Crippen LogP contribution in [0.25, 0.3) is 20.2 Å². The largest absolute Gasteiger partial charge is 0.493 e. The molecule has 0 amide bonds. The van der Waals surface area contributed by atoms with E-state index in [4.69, 9.17) is 9.47 Å². The molecule has 3 rings (SSSR count). The van der Waals surface area contributed by atoms with Gasteiger partial charge in [0.25, 0.3) is 0 Å². The van der Waals surface area contributed by atoms with Gasteiger partial charge in [-0.1, -0.05) is 12.1 Å². The minimum absolute atomic E-state index is 0.0402. The summed E-state index contributed by atoms with van der Waals surface area (Å²) >= 11 is 1.61. The number of hydrogen-bond donors (Lipinski definition) is 0. The monoisotopic (exact) mass is 286 g/mol. The molecule has 3 nitrogen and oxygen atoms in total. The van der Waals surface area contributed by atoms with Crippen LogP contribution in [-0.4, -0.2) is 14.2 Å². The normalized spacial score (nSPS) is 10.9. The second-order valence-electron chi connectivity index (χ2n) is 4.54. The first-order valence-corrected chi connectivity index (χ1v) is 7.06. The summed E-state index contributed by atoms with van der Waals surface area (Å²) in [5.74, 6) is 1.28. The van der Waals surface area contributed by atoms with E-state index >= 15 is 0 Å². The summed E-state index contributed by atoms with van der Waals surface area (Å²) in [6.45, 7) is 1.95. The Labute approximate surface area is 120 Å². The van der Waals surface area contributed by atoms with Crippen molar-refractivity contribution in [1.82, 2.24) is 0 Å². The summed E-state index contributed by atoms with van der Waals surface area (Å²) in [6.07, 6.45) is 0. The van der Waals surface area contributed by atoms with Gasteiger partial charge in [0.1, 0.15) is 0 Å². The van der Waals surface area contributed by atoms with Crippen LogP contribution in [0, 0.1) is 6.92 Å². The lowest BCUT2D eigenvalue weighted by Crippen LogP contribution is -2.03. The summed E-state index contributed by atoms with van der Waals surface area (Å²) in [4.78, 5) is 12.6. The first-order chi connectivity index (χ1) is 9.67. The molecule has 0 N–H and O–H groups in total. The Bertz CT molecular complexity index is 865. The standard InChI is InChI=1S/C16H14O3S/c1-9-15(19-3)12(18-2)8-11-14(17)10-6-4-5-7-13(10)20-16(9)11/h4-8H,1-3H3. The van der Waals surface area contributed by atoms with Crippen molar-refractivity contribution in [3.8, 4) is 11.5 Å². The average Bonchev–Trinajstić information content (AvgIpc) is 2.48. The van der Waals surface area contributed by atoms with Crippen LogP contribution in [0.5, 0.6) is 11.5 Å². The van der Waals surface area contributed by atoms with Gasteiger partial charge < -0.3 is 9.47 Å². The summed E-state index contributed by atoms with van der Waals surface area (Å²) < 4.78 is 12.7. The Morgan fingerprint density at radius 3 is 2.50 bits per heavy atom. The van der Waals surface area contributed by atoms with Crippen molar-refractivity contribution in [2.75, 3.05) is 14.2 Å². The van der Waals surface area contributed by atoms with Crippen LogP contribution in [0.2, 0.25) is 0 Å². The van der Waals surface area contributed by atoms with Crippen molar-refractivity contribution in [3.05, 3.63) is 46.1 Å². The summed E-state index contributed by atoms with van der Waals surface area (Å²) in [6, 6.07) is 9.43. The molecule has 20 heavy (non-hydrogen) atoms. The maximum absolute atomic E-state index is 12.6. The zero-order chi connectivity index (χ0) is 14.3. The Balaban J connectivity index is 2.55. The Morgan fingerprint density at radius 1 is 1.05 bits per heavy atom. The van der Waals surface area contributed by atoms with E-state index in [1.165, 1.54) is 0 Å². The van der Waals surface area contributed by atoms with Crippen molar-refractivity contribution in [3.63, 3.8) is 0 Å². The lowest BCUT2D eigenvalue weighted by Gasteiger charge is -2.13. The SMILES string of the molecule is COc1cc2c(=O)c3ccccc3sc2c(C)c1OC. The third kappa shape index (κ3) is 1.76. The Morgan fingerprint density at radius 2 is 1.80 bits per heavy atom. The minimum Gasteiger partial charge on any atom is -0.493 e. The van der Waals surface area contributed by atoms with E-state index in [2.05, 4.69) is 0 Å². The fourth-order valence-electron chi connectivity index (χ4n) is 2.46. The van der Waals surface area contributed by atoms with Crippen molar-refractivity contribution >= 4 is 31.5 Å². The van der Waals surface area contributed by atoms with E-state index in [1.807, 2.05) is 31.2 Å². The molecule has 0 radical (unpaired) electrons. The molecule has 0 saturated heterocycles. The van der Waals surface area contributed by atoms with E-state index in [9.17, 15) is 4.79 Å². The maximum atomic E-state index is 12.6. The van der Waals surface area contributed by atoms with Crippen molar-refractivity contribution < 1.29 is 9.47 Å². The van der Waals surface area contributed by atoms with Crippen LogP contribution >= 0.6 is 11.3 Å². The van der Waals surface area contributed by atoms with Gasteiger partial charge in [-0.2, -0.15) is 0 Å². The van der Waals surface area contributed by atoms with Crippen molar-refractivity contribution in [2.45, 2.75) is 6.92 Å². The molecule has 4 heteroatoms. The van der Waals surface area contributed by atoms with Crippen molar-refractivity contribution in [1.29, 1.82) is 0 Å². The topological polar surface area (TPSA) is 35.5 Å². The molecule has 0 aliphatic heterocycles. The van der Waals surface area contributed by atoms with Gasteiger partial charge in [-0.15, -0.1) is 11.3 Å². The molecule has 0 atom stereocenters. The number of aryl methyl sites for hydroxylation is 1. The number of hydrogen-bond acceptors (Lipinski definition) is 4. The van der Waals surface area contributed by atoms with E-state index in [-0.39, 0.29) is 5.43 Å². The van der Waals surface area contributed by atoms with Gasteiger partial charge in [-0.3, -0.25) is 4.79 Å². The van der Waals surface area contributed by atoms with E-state index in [0.717, 1.165) is 20.3 Å². The highest BCUT2D eigenvalue weighted by Crippen LogP contribution is 2.38. The fourth-order valence-corrected chi connectivity index (χ4v) is 3.60. The first-order valence-electron chi connectivity index (χ1n) is 6.24. The molecule has 1 aromatic heterocycles. The maximum Gasteiger partial charge on any atom is 0.196 e. The average molecular weight is 286 g/mol. The smallest absolute Gasteiger partial charge is 0.196 e. The Kier molecular flexibility index (Phi) is 3.10. The number of benzene rings is 2. The molecular formula is C16H14O3S. The van der Waals surface area contributed by atoms with E-state index in [1.54, 1.807) is 31.6 Å². The second kappa shape index (κ2) is 4.80. The lowest BCUT2D eigenvalue weighted by molar-refractivity contribution is 0.354. The number of fused-ring (bicyclic) bond motifs is 2. The molecule has 2 aromatic carbocycles. The first kappa shape index (κ1) is 12.9. The minimum atomic E-state index is 0.0402. The van der Waals surface area contributed by atoms with Gasteiger partial charge in [0.15, 0.2) is 16.9 Å². The zero-order valence-electron chi connectivity index (χ0n) is 11.5. The summed E-state index contributed by atoms with van der Waals surface area (Å²) in [5.41, 5.74) is 0.980. The predicted molar refractivity (Wildman–Crippen MR) is 83.4 cm³/mol. The van der Waals surface area contributed by atoms with E-state index < -0.39 is 0 Å².